The average molecular weight is 267 g/mol. The lowest BCUT2D eigenvalue weighted by Crippen LogP contribution is -2.26. The van der Waals surface area contributed by atoms with Crippen molar-refractivity contribution in [3.05, 3.63) is 38.9 Å². The van der Waals surface area contributed by atoms with E-state index in [1.807, 2.05) is 0 Å². The van der Waals surface area contributed by atoms with Crippen LogP contribution < -0.4 is 5.32 Å². The third-order valence-electron chi connectivity index (χ3n) is 2.56. The fraction of sp³-hybridized carbons (Fsp3) is 0.385. The lowest BCUT2D eigenvalue weighted by molar-refractivity contribution is -0.384. The third-order valence-corrected chi connectivity index (χ3v) is 2.92. The van der Waals surface area contributed by atoms with E-state index in [2.05, 4.69) is 18.2 Å². The molecule has 0 fully saturated rings. The van der Waals surface area contributed by atoms with Crippen LogP contribution in [0, 0.1) is 22.5 Å². The van der Waals surface area contributed by atoms with E-state index in [1.54, 1.807) is 6.07 Å². The van der Waals surface area contributed by atoms with E-state index in [0.717, 1.165) is 18.4 Å². The first-order valence-electron chi connectivity index (χ1n) is 5.70. The van der Waals surface area contributed by atoms with Crippen molar-refractivity contribution in [2.24, 2.45) is 0 Å². The molecule has 0 saturated carbocycles. The van der Waals surface area contributed by atoms with Gasteiger partial charge in [-0.2, -0.15) is 0 Å². The Bertz CT molecular complexity index is 469. The molecule has 0 aliphatic carbocycles. The zero-order valence-electron chi connectivity index (χ0n) is 10.1. The second-order valence-electron chi connectivity index (χ2n) is 3.92. The SMILES string of the molecule is C#CC(CCC)NCc1ccc([N+](=O)[O-])cc1Cl. The van der Waals surface area contributed by atoms with E-state index in [1.165, 1.54) is 12.1 Å². The van der Waals surface area contributed by atoms with Gasteiger partial charge in [0.25, 0.3) is 5.69 Å². The summed E-state index contributed by atoms with van der Waals surface area (Å²) in [4.78, 5) is 10.1. The van der Waals surface area contributed by atoms with Gasteiger partial charge < -0.3 is 0 Å². The second-order valence-corrected chi connectivity index (χ2v) is 4.33. The number of terminal acetylenes is 1. The first-order valence-corrected chi connectivity index (χ1v) is 6.08. The quantitative estimate of drug-likeness (QED) is 0.489. The molecule has 0 radical (unpaired) electrons. The van der Waals surface area contributed by atoms with Crippen molar-refractivity contribution in [3.8, 4) is 12.3 Å². The van der Waals surface area contributed by atoms with E-state index in [-0.39, 0.29) is 11.7 Å². The zero-order chi connectivity index (χ0) is 13.5. The molecule has 1 rings (SSSR count). The van der Waals surface area contributed by atoms with Gasteiger partial charge in [0.05, 0.1) is 16.0 Å². The van der Waals surface area contributed by atoms with E-state index < -0.39 is 4.92 Å². The minimum Gasteiger partial charge on any atom is -0.300 e. The molecule has 1 aromatic rings. The first kappa shape index (κ1) is 14.5. The number of benzene rings is 1. The molecule has 0 spiro atoms. The topological polar surface area (TPSA) is 55.2 Å². The molecule has 0 aliphatic rings. The first-order chi connectivity index (χ1) is 8.58. The predicted molar refractivity (Wildman–Crippen MR) is 72.5 cm³/mol. The summed E-state index contributed by atoms with van der Waals surface area (Å²) in [5, 5.41) is 14.1. The van der Waals surface area contributed by atoms with Gasteiger partial charge in [-0.1, -0.05) is 30.9 Å². The molecule has 96 valence electrons. The number of nitrogens with zero attached hydrogens (tertiary/aromatic N) is 1. The monoisotopic (exact) mass is 266 g/mol. The molecular formula is C13H15ClN2O2. The molecule has 1 N–H and O–H groups in total. The van der Waals surface area contributed by atoms with Crippen molar-refractivity contribution in [3.63, 3.8) is 0 Å². The van der Waals surface area contributed by atoms with Gasteiger partial charge in [-0.3, -0.25) is 15.4 Å². The maximum Gasteiger partial charge on any atom is 0.270 e. The maximum absolute atomic E-state index is 10.6. The number of nitro benzene ring substituents is 1. The van der Waals surface area contributed by atoms with Crippen LogP contribution in [0.1, 0.15) is 25.3 Å². The van der Waals surface area contributed by atoms with Crippen molar-refractivity contribution in [2.45, 2.75) is 32.4 Å². The van der Waals surface area contributed by atoms with E-state index in [9.17, 15) is 10.1 Å². The van der Waals surface area contributed by atoms with E-state index >= 15 is 0 Å². The second kappa shape index (κ2) is 7.00. The van der Waals surface area contributed by atoms with Gasteiger partial charge in [0, 0.05) is 18.7 Å². The van der Waals surface area contributed by atoms with Crippen LogP contribution in [0.2, 0.25) is 5.02 Å². The number of rotatable bonds is 6. The Morgan fingerprint density at radius 2 is 2.33 bits per heavy atom. The average Bonchev–Trinajstić information content (AvgIpc) is 2.35. The summed E-state index contributed by atoms with van der Waals surface area (Å²) in [5.74, 6) is 2.66. The Hall–Kier alpha value is -1.57. The summed E-state index contributed by atoms with van der Waals surface area (Å²) >= 11 is 5.98. The molecule has 0 bridgehead atoms. The van der Waals surface area contributed by atoms with Gasteiger partial charge in [-0.05, 0) is 18.1 Å². The third kappa shape index (κ3) is 4.02. The van der Waals surface area contributed by atoms with Crippen LogP contribution in [-0.4, -0.2) is 11.0 Å². The Labute approximate surface area is 111 Å². The highest BCUT2D eigenvalue weighted by Crippen LogP contribution is 2.22. The molecular weight excluding hydrogens is 252 g/mol. The van der Waals surface area contributed by atoms with Crippen molar-refractivity contribution in [1.29, 1.82) is 0 Å². The van der Waals surface area contributed by atoms with Gasteiger partial charge in [0.15, 0.2) is 0 Å². The van der Waals surface area contributed by atoms with Crippen molar-refractivity contribution in [1.82, 2.24) is 5.32 Å². The lowest BCUT2D eigenvalue weighted by atomic mass is 10.1. The fourth-order valence-electron chi connectivity index (χ4n) is 1.56. The zero-order valence-corrected chi connectivity index (χ0v) is 10.9. The predicted octanol–water partition coefficient (Wildman–Crippen LogP) is 3.14. The standard InChI is InChI=1S/C13H15ClN2O2/c1-3-5-11(4-2)15-9-10-6-7-12(16(17)18)8-13(10)14/h2,6-8,11,15H,3,5,9H2,1H3. The van der Waals surface area contributed by atoms with Crippen LogP contribution in [0.25, 0.3) is 0 Å². The molecule has 0 amide bonds. The smallest absolute Gasteiger partial charge is 0.270 e. The number of nitro groups is 1. The number of nitrogens with one attached hydrogen (secondary N) is 1. The van der Waals surface area contributed by atoms with Crippen molar-refractivity contribution >= 4 is 17.3 Å². The van der Waals surface area contributed by atoms with Gasteiger partial charge >= 0.3 is 0 Å². The minimum atomic E-state index is -0.468. The number of hydrogen-bond acceptors (Lipinski definition) is 3. The molecule has 0 aliphatic heterocycles. The summed E-state index contributed by atoms with van der Waals surface area (Å²) in [5.41, 5.74) is 0.796. The fourth-order valence-corrected chi connectivity index (χ4v) is 1.80. The van der Waals surface area contributed by atoms with Crippen molar-refractivity contribution in [2.75, 3.05) is 0 Å². The molecule has 1 unspecified atom stereocenters. The Kier molecular flexibility index (Phi) is 5.63. The van der Waals surface area contributed by atoms with E-state index in [0.29, 0.717) is 11.6 Å². The number of hydrogen-bond donors (Lipinski definition) is 1. The van der Waals surface area contributed by atoms with Crippen LogP contribution in [0.15, 0.2) is 18.2 Å². The summed E-state index contributed by atoms with van der Waals surface area (Å²) in [6, 6.07) is 4.44. The molecule has 0 heterocycles. The highest BCUT2D eigenvalue weighted by molar-refractivity contribution is 6.31. The summed E-state index contributed by atoms with van der Waals surface area (Å²) in [6.45, 7) is 2.57. The minimum absolute atomic E-state index is 0.00117. The van der Waals surface area contributed by atoms with Gasteiger partial charge in [0.2, 0.25) is 0 Å². The van der Waals surface area contributed by atoms with Crippen LogP contribution in [0.4, 0.5) is 5.69 Å². The molecule has 1 aromatic carbocycles. The van der Waals surface area contributed by atoms with Crippen LogP contribution in [0.3, 0.4) is 0 Å². The van der Waals surface area contributed by atoms with Crippen molar-refractivity contribution < 1.29 is 4.92 Å². The summed E-state index contributed by atoms with van der Waals surface area (Å²) in [7, 11) is 0. The number of non-ortho nitro benzene ring substituents is 1. The number of halogens is 1. The Morgan fingerprint density at radius 1 is 1.61 bits per heavy atom. The van der Waals surface area contributed by atoms with Crippen LogP contribution >= 0.6 is 11.6 Å². The van der Waals surface area contributed by atoms with Gasteiger partial charge in [0.1, 0.15) is 0 Å². The molecule has 18 heavy (non-hydrogen) atoms. The summed E-state index contributed by atoms with van der Waals surface area (Å²) in [6.07, 6.45) is 7.28. The molecule has 4 nitrogen and oxygen atoms in total. The normalized spacial score (nSPS) is 11.8. The van der Waals surface area contributed by atoms with Crippen LogP contribution in [-0.2, 0) is 6.54 Å². The van der Waals surface area contributed by atoms with Crippen LogP contribution in [0.5, 0.6) is 0 Å². The summed E-state index contributed by atoms with van der Waals surface area (Å²) < 4.78 is 0. The highest BCUT2D eigenvalue weighted by Gasteiger charge is 2.10. The van der Waals surface area contributed by atoms with Gasteiger partial charge in [-0.25, -0.2) is 0 Å². The Morgan fingerprint density at radius 3 is 2.83 bits per heavy atom. The molecule has 0 aromatic heterocycles. The lowest BCUT2D eigenvalue weighted by Gasteiger charge is -2.12. The molecule has 5 heteroatoms. The van der Waals surface area contributed by atoms with Gasteiger partial charge in [-0.15, -0.1) is 6.42 Å². The molecule has 0 saturated heterocycles. The maximum atomic E-state index is 10.6. The molecule has 1 atom stereocenters. The Balaban J connectivity index is 2.68. The largest absolute Gasteiger partial charge is 0.300 e. The van der Waals surface area contributed by atoms with E-state index in [4.69, 9.17) is 18.0 Å². The highest BCUT2D eigenvalue weighted by atomic mass is 35.5.